The van der Waals surface area contributed by atoms with Crippen LogP contribution in [0.4, 0.5) is 8.78 Å². The van der Waals surface area contributed by atoms with Gasteiger partial charge in [0.15, 0.2) is 17.4 Å². The first-order valence-electron chi connectivity index (χ1n) is 14.7. The normalized spacial score (nSPS) is 12.1. The van der Waals surface area contributed by atoms with E-state index < -0.39 is 17.4 Å². The molecule has 5 N–H and O–H groups in total. The number of H-pyrrole nitrogens is 2. The highest BCUT2D eigenvalue weighted by atomic mass is 79.9. The van der Waals surface area contributed by atoms with Gasteiger partial charge in [0.2, 0.25) is 0 Å². The third kappa shape index (κ3) is 6.36. The largest absolute Gasteiger partial charge is 0.451 e. The minimum atomic E-state index is -0.862. The summed E-state index contributed by atoms with van der Waals surface area (Å²) in [6.07, 6.45) is 0. The molecule has 0 spiro atoms. The van der Waals surface area contributed by atoms with E-state index in [1.165, 1.54) is 12.1 Å². The van der Waals surface area contributed by atoms with Crippen LogP contribution < -0.4 is 15.8 Å². The molecule has 0 aliphatic heterocycles. The molecule has 8 nitrogen and oxygen atoms in total. The Labute approximate surface area is 273 Å². The molecule has 0 atom stereocenters. The Morgan fingerprint density at radius 3 is 2.11 bits per heavy atom. The second-order valence-electron chi connectivity index (χ2n) is 11.5. The molecule has 234 valence electrons. The molecule has 0 aliphatic rings. The van der Waals surface area contributed by atoms with Crippen molar-refractivity contribution in [1.29, 1.82) is 0 Å². The van der Waals surface area contributed by atoms with Gasteiger partial charge in [0, 0.05) is 38.9 Å². The van der Waals surface area contributed by atoms with Crippen LogP contribution >= 0.6 is 15.9 Å². The van der Waals surface area contributed by atoms with Gasteiger partial charge < -0.3 is 25.8 Å². The first kappa shape index (κ1) is 31.0. The molecule has 4 aromatic carbocycles. The fourth-order valence-electron chi connectivity index (χ4n) is 5.08. The molecule has 0 saturated carbocycles. The molecule has 0 radical (unpaired) electrons. The van der Waals surface area contributed by atoms with E-state index in [0.717, 1.165) is 38.9 Å². The summed E-state index contributed by atoms with van der Waals surface area (Å²) in [6, 6.07) is 19.0. The molecule has 6 aromatic rings. The van der Waals surface area contributed by atoms with E-state index in [0.29, 0.717) is 27.5 Å². The van der Waals surface area contributed by atoms with Crippen molar-refractivity contribution in [3.05, 3.63) is 101 Å². The molecule has 0 unspecified atom stereocenters. The minimum absolute atomic E-state index is 0.0776. The summed E-state index contributed by atoms with van der Waals surface area (Å²) in [6.45, 7) is 12.1. The van der Waals surface area contributed by atoms with Gasteiger partial charge in [-0.3, -0.25) is 4.99 Å². The van der Waals surface area contributed by atoms with Crippen LogP contribution in [-0.2, 0) is 0 Å². The van der Waals surface area contributed by atoms with Gasteiger partial charge in [-0.2, -0.15) is 0 Å². The van der Waals surface area contributed by atoms with E-state index in [9.17, 15) is 0 Å². The summed E-state index contributed by atoms with van der Waals surface area (Å²) in [5.74, 6) is -0.614. The van der Waals surface area contributed by atoms with Gasteiger partial charge in [-0.15, -0.1) is 0 Å². The van der Waals surface area contributed by atoms with Crippen molar-refractivity contribution in [3.8, 4) is 34.3 Å². The standard InChI is InChI=1S/C35H32BrF2N7O/c1-17(2)40-19(5)20-6-10-28-30(14-20)44-34(42-28)22-12-26(37)32(27(38)13-22)46-23-8-9-24(25(36)16-23)35-43-29-11-7-21(15-31(29)45-35)33(39)41-18(3)4/h6-18,40H,5H2,1-4H3,(H2,39,41)(H,42,44)(H,43,45). The van der Waals surface area contributed by atoms with Gasteiger partial charge in [0.05, 0.1) is 22.1 Å². The van der Waals surface area contributed by atoms with E-state index >= 15 is 8.78 Å². The van der Waals surface area contributed by atoms with Crippen LogP contribution in [0.25, 0.3) is 50.5 Å². The van der Waals surface area contributed by atoms with E-state index in [1.807, 2.05) is 64.1 Å². The Bertz CT molecular complexity index is 2130. The number of amidine groups is 1. The number of aromatic nitrogens is 4. The lowest BCUT2D eigenvalue weighted by Gasteiger charge is -2.12. The predicted octanol–water partition coefficient (Wildman–Crippen LogP) is 8.69. The number of aromatic amines is 2. The molecule has 6 rings (SSSR count). The maximum absolute atomic E-state index is 15.3. The van der Waals surface area contributed by atoms with E-state index in [2.05, 4.69) is 52.8 Å². The topological polar surface area (TPSA) is 117 Å². The number of rotatable bonds is 9. The summed E-state index contributed by atoms with van der Waals surface area (Å²) in [7, 11) is 0. The van der Waals surface area contributed by atoms with Gasteiger partial charge in [-0.05, 0) is 110 Å². The third-order valence-electron chi connectivity index (χ3n) is 7.16. The van der Waals surface area contributed by atoms with Crippen LogP contribution in [-0.4, -0.2) is 37.9 Å². The molecular formula is C35H32BrF2N7O. The maximum atomic E-state index is 15.3. The van der Waals surface area contributed by atoms with Gasteiger partial charge in [0.1, 0.15) is 23.2 Å². The number of nitrogens with one attached hydrogen (secondary N) is 3. The lowest BCUT2D eigenvalue weighted by molar-refractivity contribution is 0.407. The van der Waals surface area contributed by atoms with Crippen molar-refractivity contribution in [2.75, 3.05) is 0 Å². The zero-order valence-corrected chi connectivity index (χ0v) is 27.3. The smallest absolute Gasteiger partial charge is 0.198 e. The van der Waals surface area contributed by atoms with Crippen LogP contribution in [0.15, 0.2) is 82.8 Å². The number of benzene rings is 4. The average molecular weight is 685 g/mol. The van der Waals surface area contributed by atoms with Crippen molar-refractivity contribution >= 4 is 49.5 Å². The zero-order valence-electron chi connectivity index (χ0n) is 25.7. The molecule has 0 saturated heterocycles. The number of fused-ring (bicyclic) bond motifs is 2. The fourth-order valence-corrected chi connectivity index (χ4v) is 5.62. The summed E-state index contributed by atoms with van der Waals surface area (Å²) >= 11 is 3.55. The molecule has 0 aliphatic carbocycles. The molecule has 0 bridgehead atoms. The highest BCUT2D eigenvalue weighted by Crippen LogP contribution is 2.36. The quantitative estimate of drug-likeness (QED) is 0.0899. The molecule has 0 fully saturated rings. The van der Waals surface area contributed by atoms with Crippen LogP contribution in [0, 0.1) is 11.6 Å². The highest BCUT2D eigenvalue weighted by Gasteiger charge is 2.18. The fraction of sp³-hybridized carbons (Fsp3) is 0.171. The van der Waals surface area contributed by atoms with Crippen LogP contribution in [0.2, 0.25) is 0 Å². The average Bonchev–Trinajstić information content (AvgIpc) is 3.62. The van der Waals surface area contributed by atoms with Crippen molar-refractivity contribution in [1.82, 2.24) is 25.3 Å². The zero-order chi connectivity index (χ0) is 32.7. The number of imidazole rings is 2. The van der Waals surface area contributed by atoms with E-state index in [-0.39, 0.29) is 23.4 Å². The Morgan fingerprint density at radius 2 is 1.48 bits per heavy atom. The lowest BCUT2D eigenvalue weighted by atomic mass is 10.1. The van der Waals surface area contributed by atoms with E-state index in [1.54, 1.807) is 18.2 Å². The van der Waals surface area contributed by atoms with Crippen molar-refractivity contribution in [2.45, 2.75) is 39.8 Å². The molecule has 11 heteroatoms. The SMILES string of the molecule is C=C(NC(C)C)c1ccc2nc(-c3cc(F)c(Oc4ccc(-c5nc6ccc(C(N)=NC(C)C)cc6[nH]5)c(Br)c4)c(F)c3)[nH]c2c1. The van der Waals surface area contributed by atoms with Crippen LogP contribution in [0.3, 0.4) is 0 Å². The summed E-state index contributed by atoms with van der Waals surface area (Å²) in [5, 5.41) is 3.28. The Balaban J connectivity index is 1.23. The van der Waals surface area contributed by atoms with E-state index in [4.69, 9.17) is 10.5 Å². The van der Waals surface area contributed by atoms with Gasteiger partial charge >= 0.3 is 0 Å². The van der Waals surface area contributed by atoms with Gasteiger partial charge in [0.25, 0.3) is 0 Å². The molecule has 2 aromatic heterocycles. The Morgan fingerprint density at radius 1 is 0.870 bits per heavy atom. The van der Waals surface area contributed by atoms with Crippen LogP contribution in [0.5, 0.6) is 11.5 Å². The number of hydrogen-bond donors (Lipinski definition) is 4. The Kier molecular flexibility index (Phi) is 8.35. The lowest BCUT2D eigenvalue weighted by Crippen LogP contribution is -2.20. The molecule has 46 heavy (non-hydrogen) atoms. The number of halogens is 3. The Hall–Kier alpha value is -5.03. The number of nitrogens with zero attached hydrogens (tertiary/aromatic N) is 3. The number of ether oxygens (including phenoxy) is 1. The summed E-state index contributed by atoms with van der Waals surface area (Å²) < 4.78 is 36.9. The van der Waals surface area contributed by atoms with Crippen molar-refractivity contribution < 1.29 is 13.5 Å². The number of aliphatic imine (C=N–C) groups is 1. The second-order valence-corrected chi connectivity index (χ2v) is 12.4. The molecular weight excluding hydrogens is 652 g/mol. The maximum Gasteiger partial charge on any atom is 0.198 e. The second kappa shape index (κ2) is 12.4. The summed E-state index contributed by atoms with van der Waals surface area (Å²) in [4.78, 5) is 20.1. The molecule has 2 heterocycles. The molecule has 0 amide bonds. The minimum Gasteiger partial charge on any atom is -0.451 e. The van der Waals surface area contributed by atoms with Gasteiger partial charge in [-0.25, -0.2) is 18.7 Å². The number of nitrogens with two attached hydrogens (primary N) is 1. The predicted molar refractivity (Wildman–Crippen MR) is 184 cm³/mol. The number of hydrogen-bond acceptors (Lipinski definition) is 5. The first-order chi connectivity index (χ1) is 21.9. The monoisotopic (exact) mass is 683 g/mol. The summed E-state index contributed by atoms with van der Waals surface area (Å²) in [5.41, 5.74) is 12.5. The van der Waals surface area contributed by atoms with Crippen molar-refractivity contribution in [2.24, 2.45) is 10.7 Å². The van der Waals surface area contributed by atoms with Crippen molar-refractivity contribution in [3.63, 3.8) is 0 Å². The first-order valence-corrected chi connectivity index (χ1v) is 15.5. The van der Waals surface area contributed by atoms with Crippen LogP contribution in [0.1, 0.15) is 38.8 Å². The highest BCUT2D eigenvalue weighted by molar-refractivity contribution is 9.10. The third-order valence-corrected chi connectivity index (χ3v) is 7.81. The van der Waals surface area contributed by atoms with Gasteiger partial charge in [-0.1, -0.05) is 12.6 Å².